The molecule has 0 radical (unpaired) electrons. The topological polar surface area (TPSA) is 20.2 Å². The summed E-state index contributed by atoms with van der Waals surface area (Å²) in [6.07, 6.45) is 5.46. The Morgan fingerprint density at radius 3 is 1.96 bits per heavy atom. The molecule has 1 N–H and O–H groups in total. The lowest BCUT2D eigenvalue weighted by Gasteiger charge is -2.26. The van der Waals surface area contributed by atoms with Crippen molar-refractivity contribution in [3.8, 4) is 11.1 Å². The molecule has 0 atom stereocenters. The van der Waals surface area contributed by atoms with Crippen molar-refractivity contribution in [2.24, 2.45) is 0 Å². The fourth-order valence-corrected chi connectivity index (χ4v) is 4.17. The van der Waals surface area contributed by atoms with E-state index in [2.05, 4.69) is 32.9 Å². The van der Waals surface area contributed by atoms with Crippen LogP contribution in [0.3, 0.4) is 0 Å². The van der Waals surface area contributed by atoms with Gasteiger partial charge in [-0.2, -0.15) is 0 Å². The first kappa shape index (κ1) is 21.6. The summed E-state index contributed by atoms with van der Waals surface area (Å²) in [5.41, 5.74) is 5.52. The minimum absolute atomic E-state index is 0.0289. The maximum atomic E-state index is 15.6. The Kier molecular flexibility index (Phi) is 8.04. The minimum atomic E-state index is -0.130. The van der Waals surface area contributed by atoms with Gasteiger partial charge in [-0.15, -0.1) is 0 Å². The van der Waals surface area contributed by atoms with Crippen molar-refractivity contribution < 1.29 is 9.50 Å². The zero-order valence-electron chi connectivity index (χ0n) is 17.6. The van der Waals surface area contributed by atoms with E-state index in [9.17, 15) is 5.11 Å². The number of hydrogen-bond acceptors (Lipinski definition) is 1. The van der Waals surface area contributed by atoms with Gasteiger partial charge in [-0.05, 0) is 58.1 Å². The van der Waals surface area contributed by atoms with Gasteiger partial charge in [-0.3, -0.25) is 0 Å². The predicted molar refractivity (Wildman–Crippen MR) is 114 cm³/mol. The third-order valence-electron chi connectivity index (χ3n) is 5.38. The van der Waals surface area contributed by atoms with Gasteiger partial charge in [0.05, 0.1) is 6.61 Å². The van der Waals surface area contributed by atoms with Crippen LogP contribution in [0.25, 0.3) is 11.1 Å². The van der Waals surface area contributed by atoms with E-state index in [-0.39, 0.29) is 24.3 Å². The molecule has 2 aromatic carbocycles. The van der Waals surface area contributed by atoms with Crippen LogP contribution in [0.15, 0.2) is 30.3 Å². The molecular formula is C25H35FO. The van der Waals surface area contributed by atoms with Gasteiger partial charge < -0.3 is 5.11 Å². The van der Waals surface area contributed by atoms with E-state index in [0.717, 1.165) is 47.1 Å². The van der Waals surface area contributed by atoms with Gasteiger partial charge >= 0.3 is 0 Å². The predicted octanol–water partition coefficient (Wildman–Crippen LogP) is 7.35. The van der Waals surface area contributed by atoms with E-state index in [1.165, 1.54) is 12.8 Å². The van der Waals surface area contributed by atoms with Crippen molar-refractivity contribution in [3.63, 3.8) is 0 Å². The number of unbranched alkanes of at least 4 members (excludes halogenated alkanes) is 3. The largest absolute Gasteiger partial charge is 0.392 e. The second-order valence-corrected chi connectivity index (χ2v) is 8.12. The van der Waals surface area contributed by atoms with E-state index in [0.29, 0.717) is 5.56 Å². The van der Waals surface area contributed by atoms with Gasteiger partial charge in [-0.25, -0.2) is 4.39 Å². The third-order valence-corrected chi connectivity index (χ3v) is 5.38. The third kappa shape index (κ3) is 4.79. The van der Waals surface area contributed by atoms with Gasteiger partial charge in [0.15, 0.2) is 0 Å². The molecule has 0 aliphatic carbocycles. The fourth-order valence-electron chi connectivity index (χ4n) is 4.17. The van der Waals surface area contributed by atoms with Gasteiger partial charge in [0.1, 0.15) is 5.82 Å². The molecule has 2 heteroatoms. The quantitative estimate of drug-likeness (QED) is 0.457. The van der Waals surface area contributed by atoms with E-state index in [1.807, 2.05) is 32.0 Å². The molecule has 2 aromatic rings. The number of halogens is 1. The monoisotopic (exact) mass is 370 g/mol. The summed E-state index contributed by atoms with van der Waals surface area (Å²) < 4.78 is 15.6. The van der Waals surface area contributed by atoms with Crippen molar-refractivity contribution >= 4 is 0 Å². The van der Waals surface area contributed by atoms with Crippen molar-refractivity contribution in [3.05, 3.63) is 58.4 Å². The highest BCUT2D eigenvalue weighted by Gasteiger charge is 2.26. The minimum Gasteiger partial charge on any atom is -0.392 e. The van der Waals surface area contributed by atoms with Crippen LogP contribution in [0.2, 0.25) is 0 Å². The number of aliphatic hydroxyl groups excluding tert-OH is 1. The normalized spacial score (nSPS) is 11.6. The molecule has 0 aliphatic heterocycles. The molecule has 0 unspecified atom stereocenters. The molecule has 2 rings (SSSR count). The molecule has 0 saturated carbocycles. The van der Waals surface area contributed by atoms with Crippen LogP contribution in [-0.4, -0.2) is 5.11 Å². The van der Waals surface area contributed by atoms with Crippen LogP contribution in [0.1, 0.15) is 94.4 Å². The molecule has 0 spiro atoms. The summed E-state index contributed by atoms with van der Waals surface area (Å²) in [4.78, 5) is 0. The van der Waals surface area contributed by atoms with E-state index in [4.69, 9.17) is 0 Å². The van der Waals surface area contributed by atoms with Gasteiger partial charge in [0, 0.05) is 0 Å². The van der Waals surface area contributed by atoms with Crippen molar-refractivity contribution in [1.29, 1.82) is 0 Å². The second-order valence-electron chi connectivity index (χ2n) is 8.12. The molecule has 0 fully saturated rings. The first-order chi connectivity index (χ1) is 12.9. The number of benzene rings is 2. The zero-order chi connectivity index (χ0) is 20.0. The van der Waals surface area contributed by atoms with Gasteiger partial charge in [0.2, 0.25) is 0 Å². The molecule has 0 aliphatic rings. The molecular weight excluding hydrogens is 335 g/mol. The summed E-state index contributed by atoms with van der Waals surface area (Å²) in [5, 5.41) is 10.2. The Morgan fingerprint density at radius 2 is 1.44 bits per heavy atom. The molecule has 0 amide bonds. The smallest absolute Gasteiger partial charge is 0.130 e. The van der Waals surface area contributed by atoms with Crippen LogP contribution >= 0.6 is 0 Å². The molecule has 0 bridgehead atoms. The Labute approximate surface area is 164 Å². The molecule has 148 valence electrons. The summed E-state index contributed by atoms with van der Waals surface area (Å²) in [7, 11) is 0. The van der Waals surface area contributed by atoms with Crippen molar-refractivity contribution in [2.45, 2.75) is 85.2 Å². The molecule has 0 aromatic heterocycles. The first-order valence-electron chi connectivity index (χ1n) is 10.5. The SMILES string of the molecule is CCCCCCc1c(-c2ccccc2)c(CO)c(C(C)C)c(F)c1C(C)C. The Balaban J connectivity index is 2.78. The van der Waals surface area contributed by atoms with Crippen molar-refractivity contribution in [2.75, 3.05) is 0 Å². The summed E-state index contributed by atoms with van der Waals surface area (Å²) in [6.45, 7) is 10.2. The molecule has 0 heterocycles. The lowest BCUT2D eigenvalue weighted by atomic mass is 9.79. The molecule has 0 saturated heterocycles. The van der Waals surface area contributed by atoms with Crippen LogP contribution in [0, 0.1) is 5.82 Å². The standard InChI is InChI=1S/C25H35FO/c1-6-7-8-12-15-20-22(17(2)3)25(26)23(18(4)5)21(16-27)24(20)19-13-10-9-11-14-19/h9-11,13-14,17-18,27H,6-8,12,15-16H2,1-5H3. The fraction of sp³-hybridized carbons (Fsp3) is 0.520. The maximum Gasteiger partial charge on any atom is 0.130 e. The highest BCUT2D eigenvalue weighted by atomic mass is 19.1. The number of hydrogen-bond donors (Lipinski definition) is 1. The summed E-state index contributed by atoms with van der Waals surface area (Å²) >= 11 is 0. The highest BCUT2D eigenvalue weighted by Crippen LogP contribution is 2.41. The molecule has 27 heavy (non-hydrogen) atoms. The second kappa shape index (κ2) is 10.0. The highest BCUT2D eigenvalue weighted by molar-refractivity contribution is 5.75. The van der Waals surface area contributed by atoms with E-state index >= 15 is 4.39 Å². The van der Waals surface area contributed by atoms with Crippen LogP contribution in [-0.2, 0) is 13.0 Å². The van der Waals surface area contributed by atoms with Crippen LogP contribution in [0.4, 0.5) is 4.39 Å². The lowest BCUT2D eigenvalue weighted by Crippen LogP contribution is -2.13. The average molecular weight is 371 g/mol. The Bertz CT molecular complexity index is 732. The maximum absolute atomic E-state index is 15.6. The average Bonchev–Trinajstić information content (AvgIpc) is 2.64. The first-order valence-corrected chi connectivity index (χ1v) is 10.5. The van der Waals surface area contributed by atoms with E-state index < -0.39 is 0 Å². The van der Waals surface area contributed by atoms with Crippen LogP contribution < -0.4 is 0 Å². The van der Waals surface area contributed by atoms with Gasteiger partial charge in [0.25, 0.3) is 0 Å². The van der Waals surface area contributed by atoms with Crippen molar-refractivity contribution in [1.82, 2.24) is 0 Å². The summed E-state index contributed by atoms with van der Waals surface area (Å²) in [5.74, 6) is 0.0364. The Morgan fingerprint density at radius 1 is 0.852 bits per heavy atom. The van der Waals surface area contributed by atoms with Gasteiger partial charge in [-0.1, -0.05) is 84.2 Å². The zero-order valence-corrected chi connectivity index (χ0v) is 17.6. The lowest BCUT2D eigenvalue weighted by molar-refractivity contribution is 0.279. The number of aliphatic hydroxyl groups is 1. The Hall–Kier alpha value is -1.67. The summed E-state index contributed by atoms with van der Waals surface area (Å²) in [6, 6.07) is 10.2. The number of rotatable bonds is 9. The van der Waals surface area contributed by atoms with Crippen LogP contribution in [0.5, 0.6) is 0 Å². The van der Waals surface area contributed by atoms with E-state index in [1.54, 1.807) is 0 Å². The molecule has 1 nitrogen and oxygen atoms in total.